The zero-order chi connectivity index (χ0) is 20.3. The molecule has 30 heavy (non-hydrogen) atoms. The van der Waals surface area contributed by atoms with Crippen LogP contribution in [0.2, 0.25) is 0 Å². The summed E-state index contributed by atoms with van der Waals surface area (Å²) in [6.45, 7) is 0.514. The zero-order valence-electron chi connectivity index (χ0n) is 15.9. The number of thioether (sulfide) groups is 1. The number of aromatic nitrogens is 3. The number of ketones is 1. The Labute approximate surface area is 181 Å². The quantitative estimate of drug-likeness (QED) is 0.242. The van der Waals surface area contributed by atoms with Crippen molar-refractivity contribution in [1.29, 1.82) is 0 Å². The van der Waals surface area contributed by atoms with Crippen LogP contribution < -0.4 is 0 Å². The Morgan fingerprint density at radius 3 is 2.70 bits per heavy atom. The van der Waals surface area contributed by atoms with Gasteiger partial charge in [-0.3, -0.25) is 9.36 Å². The lowest BCUT2D eigenvalue weighted by molar-refractivity contribution is 0.102. The van der Waals surface area contributed by atoms with Crippen molar-refractivity contribution in [2.75, 3.05) is 5.75 Å². The van der Waals surface area contributed by atoms with Crippen LogP contribution in [0.1, 0.15) is 16.1 Å². The van der Waals surface area contributed by atoms with E-state index in [9.17, 15) is 4.79 Å². The molecule has 5 nitrogen and oxygen atoms in total. The molecule has 5 aromatic rings. The lowest BCUT2D eigenvalue weighted by Gasteiger charge is -2.08. The second kappa shape index (κ2) is 8.30. The van der Waals surface area contributed by atoms with E-state index in [0.717, 1.165) is 27.2 Å². The van der Waals surface area contributed by atoms with Gasteiger partial charge in [-0.1, -0.05) is 54.2 Å². The Morgan fingerprint density at radius 2 is 1.90 bits per heavy atom. The van der Waals surface area contributed by atoms with Crippen molar-refractivity contribution in [3.05, 3.63) is 89.7 Å². The van der Waals surface area contributed by atoms with E-state index in [1.54, 1.807) is 17.6 Å². The van der Waals surface area contributed by atoms with Crippen LogP contribution in [0.25, 0.3) is 21.5 Å². The van der Waals surface area contributed by atoms with Gasteiger partial charge in [-0.05, 0) is 40.4 Å². The predicted octanol–water partition coefficient (Wildman–Crippen LogP) is 5.78. The van der Waals surface area contributed by atoms with Gasteiger partial charge in [0, 0.05) is 5.56 Å². The summed E-state index contributed by atoms with van der Waals surface area (Å²) in [5, 5.41) is 13.6. The number of Topliss-reactive ketones (excluding diaryl/α,β-unsaturated/α-hetero) is 1. The monoisotopic (exact) mass is 431 g/mol. The lowest BCUT2D eigenvalue weighted by atomic mass is 10.1. The molecule has 0 amide bonds. The van der Waals surface area contributed by atoms with Crippen LogP contribution in [0.3, 0.4) is 0 Å². The summed E-state index contributed by atoms with van der Waals surface area (Å²) in [7, 11) is 0. The molecule has 7 heteroatoms. The number of thiophene rings is 1. The Morgan fingerprint density at radius 1 is 1.00 bits per heavy atom. The van der Waals surface area contributed by atoms with Crippen molar-refractivity contribution >= 4 is 39.7 Å². The van der Waals surface area contributed by atoms with E-state index in [-0.39, 0.29) is 5.78 Å². The van der Waals surface area contributed by atoms with E-state index in [1.807, 2.05) is 76.7 Å². The highest BCUT2D eigenvalue weighted by molar-refractivity contribution is 7.99. The van der Waals surface area contributed by atoms with E-state index in [0.29, 0.717) is 23.0 Å². The third-order valence-corrected chi connectivity index (χ3v) is 6.59. The minimum atomic E-state index is 0.0657. The molecule has 148 valence electrons. The number of fused-ring (bicyclic) bond motifs is 1. The highest BCUT2D eigenvalue weighted by Gasteiger charge is 2.18. The van der Waals surface area contributed by atoms with Crippen LogP contribution in [0.4, 0.5) is 0 Å². The van der Waals surface area contributed by atoms with Crippen LogP contribution in [-0.4, -0.2) is 26.3 Å². The number of hydrogen-bond donors (Lipinski definition) is 0. The van der Waals surface area contributed by atoms with Gasteiger partial charge in [0.1, 0.15) is 5.76 Å². The highest BCUT2D eigenvalue weighted by Crippen LogP contribution is 2.29. The Bertz CT molecular complexity index is 1290. The van der Waals surface area contributed by atoms with E-state index >= 15 is 0 Å². The van der Waals surface area contributed by atoms with Crippen molar-refractivity contribution in [3.63, 3.8) is 0 Å². The predicted molar refractivity (Wildman–Crippen MR) is 120 cm³/mol. The van der Waals surface area contributed by atoms with E-state index in [2.05, 4.69) is 10.2 Å². The molecule has 0 aliphatic rings. The largest absolute Gasteiger partial charge is 0.467 e. The topological polar surface area (TPSA) is 60.9 Å². The molecule has 0 saturated carbocycles. The molecular formula is C23H17N3O2S2. The lowest BCUT2D eigenvalue weighted by Crippen LogP contribution is -2.06. The summed E-state index contributed by atoms with van der Waals surface area (Å²) >= 11 is 3.01. The molecule has 0 N–H and O–H groups in total. The van der Waals surface area contributed by atoms with Crippen LogP contribution in [-0.2, 0) is 6.54 Å². The minimum absolute atomic E-state index is 0.0657. The number of rotatable bonds is 7. The average Bonchev–Trinajstić information content (AvgIpc) is 3.54. The highest BCUT2D eigenvalue weighted by atomic mass is 32.2. The van der Waals surface area contributed by atoms with Gasteiger partial charge in [0.15, 0.2) is 16.8 Å². The molecule has 0 aliphatic heterocycles. The summed E-state index contributed by atoms with van der Waals surface area (Å²) in [6.07, 6.45) is 1.65. The fourth-order valence-corrected chi connectivity index (χ4v) is 4.81. The molecule has 0 spiro atoms. The third-order valence-electron chi connectivity index (χ3n) is 4.76. The number of carbonyl (C=O) groups excluding carboxylic acids is 1. The SMILES string of the molecule is O=C(CSc1nnc(-c2cccs2)n1Cc1ccco1)c1ccc2ccccc2c1. The first-order valence-corrected chi connectivity index (χ1v) is 11.3. The molecular weight excluding hydrogens is 414 g/mol. The van der Waals surface area contributed by atoms with Crippen molar-refractivity contribution in [1.82, 2.24) is 14.8 Å². The smallest absolute Gasteiger partial charge is 0.192 e. The van der Waals surface area contributed by atoms with Gasteiger partial charge in [-0.25, -0.2) is 0 Å². The maximum absolute atomic E-state index is 12.8. The molecule has 3 heterocycles. The number of furan rings is 1. The van der Waals surface area contributed by atoms with Crippen molar-refractivity contribution in [2.24, 2.45) is 0 Å². The summed E-state index contributed by atoms with van der Waals surface area (Å²) in [5.41, 5.74) is 0.705. The molecule has 0 bridgehead atoms. The summed E-state index contributed by atoms with van der Waals surface area (Å²) in [5.74, 6) is 1.95. The number of hydrogen-bond acceptors (Lipinski definition) is 6. The van der Waals surface area contributed by atoms with Crippen molar-refractivity contribution < 1.29 is 9.21 Å². The molecule has 0 aliphatic carbocycles. The first-order chi connectivity index (χ1) is 14.8. The van der Waals surface area contributed by atoms with Crippen LogP contribution in [0, 0.1) is 0 Å². The van der Waals surface area contributed by atoms with Gasteiger partial charge in [0.2, 0.25) is 0 Å². The van der Waals surface area contributed by atoms with E-state index < -0.39 is 0 Å². The Balaban J connectivity index is 1.39. The van der Waals surface area contributed by atoms with Gasteiger partial charge < -0.3 is 4.42 Å². The fraction of sp³-hybridized carbons (Fsp3) is 0.0870. The van der Waals surface area contributed by atoms with E-state index in [1.165, 1.54) is 11.8 Å². The molecule has 0 fully saturated rings. The van der Waals surface area contributed by atoms with Gasteiger partial charge in [0.05, 0.1) is 23.4 Å². The number of nitrogens with zero attached hydrogens (tertiary/aromatic N) is 3. The molecule has 3 aromatic heterocycles. The number of carbonyl (C=O) groups is 1. The molecule has 5 rings (SSSR count). The van der Waals surface area contributed by atoms with Gasteiger partial charge in [-0.15, -0.1) is 21.5 Å². The zero-order valence-corrected chi connectivity index (χ0v) is 17.5. The van der Waals surface area contributed by atoms with Gasteiger partial charge >= 0.3 is 0 Å². The standard InChI is InChI=1S/C23H17N3O2S2/c27-20(18-10-9-16-5-1-2-6-17(16)13-18)15-30-23-25-24-22(21-8-4-12-29-21)26(23)14-19-7-3-11-28-19/h1-13H,14-15H2. The maximum atomic E-state index is 12.8. The van der Waals surface area contributed by atoms with Gasteiger partial charge in [-0.2, -0.15) is 0 Å². The Hall–Kier alpha value is -3.16. The van der Waals surface area contributed by atoms with Crippen LogP contribution in [0.5, 0.6) is 0 Å². The maximum Gasteiger partial charge on any atom is 0.192 e. The minimum Gasteiger partial charge on any atom is -0.467 e. The molecule has 0 unspecified atom stereocenters. The second-order valence-electron chi connectivity index (χ2n) is 6.72. The first-order valence-electron chi connectivity index (χ1n) is 9.42. The second-order valence-corrected chi connectivity index (χ2v) is 8.61. The summed E-state index contributed by atoms with van der Waals surface area (Å²) in [6, 6.07) is 21.6. The van der Waals surface area contributed by atoms with Crippen LogP contribution in [0.15, 0.2) is 87.9 Å². The van der Waals surface area contributed by atoms with E-state index in [4.69, 9.17) is 4.42 Å². The molecule has 0 radical (unpaired) electrons. The molecule has 0 atom stereocenters. The fourth-order valence-electron chi connectivity index (χ4n) is 3.26. The summed E-state index contributed by atoms with van der Waals surface area (Å²) in [4.78, 5) is 13.9. The van der Waals surface area contributed by atoms with Crippen LogP contribution >= 0.6 is 23.1 Å². The summed E-state index contributed by atoms with van der Waals surface area (Å²) < 4.78 is 7.52. The number of benzene rings is 2. The first kappa shape index (κ1) is 18.8. The Kier molecular flexibility index (Phi) is 5.21. The third kappa shape index (κ3) is 3.81. The molecule has 2 aromatic carbocycles. The normalized spacial score (nSPS) is 11.2. The van der Waals surface area contributed by atoms with Gasteiger partial charge in [0.25, 0.3) is 0 Å². The van der Waals surface area contributed by atoms with Crippen molar-refractivity contribution in [2.45, 2.75) is 11.7 Å². The molecule has 0 saturated heterocycles. The average molecular weight is 432 g/mol. The van der Waals surface area contributed by atoms with Crippen molar-refractivity contribution in [3.8, 4) is 10.7 Å².